The van der Waals surface area contributed by atoms with Crippen molar-refractivity contribution in [2.75, 3.05) is 19.7 Å². The largest absolute Gasteiger partial charge is 0.491 e. The van der Waals surface area contributed by atoms with Gasteiger partial charge in [0.15, 0.2) is 5.96 Å². The molecule has 158 valence electrons. The molecule has 1 fully saturated rings. The summed E-state index contributed by atoms with van der Waals surface area (Å²) in [4.78, 5) is 4.65. The Morgan fingerprint density at radius 1 is 1.03 bits per heavy atom. The van der Waals surface area contributed by atoms with Gasteiger partial charge in [-0.15, -0.1) is 24.0 Å². The first-order valence-corrected chi connectivity index (χ1v) is 10.3. The molecule has 1 saturated carbocycles. The van der Waals surface area contributed by atoms with Gasteiger partial charge in [0.2, 0.25) is 0 Å². The van der Waals surface area contributed by atoms with Crippen molar-refractivity contribution in [2.45, 2.75) is 44.8 Å². The van der Waals surface area contributed by atoms with Gasteiger partial charge in [-0.05, 0) is 44.2 Å². The van der Waals surface area contributed by atoms with E-state index in [2.05, 4.69) is 40.7 Å². The second kappa shape index (κ2) is 12.7. The van der Waals surface area contributed by atoms with E-state index in [1.807, 2.05) is 36.4 Å². The molecule has 0 heterocycles. The van der Waals surface area contributed by atoms with Gasteiger partial charge >= 0.3 is 0 Å². The van der Waals surface area contributed by atoms with E-state index in [9.17, 15) is 5.11 Å². The molecule has 0 aromatic heterocycles. The summed E-state index contributed by atoms with van der Waals surface area (Å²) >= 11 is 0. The van der Waals surface area contributed by atoms with Crippen LogP contribution in [0.2, 0.25) is 0 Å². The summed E-state index contributed by atoms with van der Waals surface area (Å²) in [5, 5.41) is 16.4. The molecule has 3 rings (SSSR count). The Morgan fingerprint density at radius 2 is 1.72 bits per heavy atom. The molecule has 0 saturated heterocycles. The van der Waals surface area contributed by atoms with E-state index in [0.29, 0.717) is 19.2 Å². The quantitative estimate of drug-likeness (QED) is 0.227. The normalized spacial score (nSPS) is 19.2. The SMILES string of the molecule is CCNC(=NCCOc1ccccc1-c1ccccc1)NC1CCC(O)CC1.I. The molecule has 0 aliphatic heterocycles. The molecule has 0 amide bonds. The third-order valence-electron chi connectivity index (χ3n) is 4.97. The van der Waals surface area contributed by atoms with E-state index in [1.165, 1.54) is 0 Å². The number of halogens is 1. The number of hydrogen-bond acceptors (Lipinski definition) is 3. The molecule has 0 bridgehead atoms. The van der Waals surface area contributed by atoms with E-state index in [1.54, 1.807) is 0 Å². The summed E-state index contributed by atoms with van der Waals surface area (Å²) in [6.45, 7) is 3.98. The number of hydrogen-bond donors (Lipinski definition) is 3. The molecule has 0 spiro atoms. The van der Waals surface area contributed by atoms with Crippen LogP contribution in [0.4, 0.5) is 0 Å². The fourth-order valence-corrected chi connectivity index (χ4v) is 3.50. The highest BCUT2D eigenvalue weighted by Gasteiger charge is 2.19. The first-order valence-electron chi connectivity index (χ1n) is 10.3. The van der Waals surface area contributed by atoms with Gasteiger partial charge in [0, 0.05) is 18.2 Å². The highest BCUT2D eigenvalue weighted by molar-refractivity contribution is 14.0. The fraction of sp³-hybridized carbons (Fsp3) is 0.435. The second-order valence-corrected chi connectivity index (χ2v) is 7.12. The molecule has 1 aliphatic carbocycles. The van der Waals surface area contributed by atoms with Crippen LogP contribution in [0.5, 0.6) is 5.75 Å². The number of rotatable bonds is 7. The summed E-state index contributed by atoms with van der Waals surface area (Å²) in [5.41, 5.74) is 2.24. The van der Waals surface area contributed by atoms with Crippen LogP contribution in [0, 0.1) is 0 Å². The van der Waals surface area contributed by atoms with Crippen LogP contribution in [-0.4, -0.2) is 42.9 Å². The first kappa shape index (κ1) is 23.5. The lowest BCUT2D eigenvalue weighted by molar-refractivity contribution is 0.120. The van der Waals surface area contributed by atoms with E-state index in [4.69, 9.17) is 4.74 Å². The summed E-state index contributed by atoms with van der Waals surface area (Å²) in [7, 11) is 0. The summed E-state index contributed by atoms with van der Waals surface area (Å²) in [6, 6.07) is 18.8. The van der Waals surface area contributed by atoms with Crippen molar-refractivity contribution in [1.82, 2.24) is 10.6 Å². The van der Waals surface area contributed by atoms with E-state index < -0.39 is 0 Å². The Kier molecular flexibility index (Phi) is 10.3. The highest BCUT2D eigenvalue weighted by Crippen LogP contribution is 2.29. The predicted molar refractivity (Wildman–Crippen MR) is 130 cm³/mol. The van der Waals surface area contributed by atoms with Gasteiger partial charge in [0.05, 0.1) is 12.6 Å². The monoisotopic (exact) mass is 509 g/mol. The molecule has 0 radical (unpaired) electrons. The molecule has 1 aliphatic rings. The number of aliphatic hydroxyl groups is 1. The van der Waals surface area contributed by atoms with Crippen LogP contribution in [-0.2, 0) is 0 Å². The molecule has 2 aromatic rings. The lowest BCUT2D eigenvalue weighted by Gasteiger charge is -2.27. The predicted octanol–water partition coefficient (Wildman–Crippen LogP) is 4.21. The summed E-state index contributed by atoms with van der Waals surface area (Å²) in [6.07, 6.45) is 3.53. The molecule has 3 N–H and O–H groups in total. The molecular weight excluding hydrogens is 477 g/mol. The Balaban J connectivity index is 0.00000300. The minimum Gasteiger partial charge on any atom is -0.491 e. The van der Waals surface area contributed by atoms with Crippen LogP contribution in [0.15, 0.2) is 59.6 Å². The molecule has 6 heteroatoms. The van der Waals surface area contributed by atoms with Gasteiger partial charge in [-0.2, -0.15) is 0 Å². The van der Waals surface area contributed by atoms with Crippen molar-refractivity contribution in [3.05, 3.63) is 54.6 Å². The maximum atomic E-state index is 9.66. The van der Waals surface area contributed by atoms with Crippen molar-refractivity contribution in [2.24, 2.45) is 4.99 Å². The zero-order valence-electron chi connectivity index (χ0n) is 17.0. The zero-order valence-corrected chi connectivity index (χ0v) is 19.3. The van der Waals surface area contributed by atoms with Crippen molar-refractivity contribution in [3.8, 4) is 16.9 Å². The van der Waals surface area contributed by atoms with Gasteiger partial charge in [-0.1, -0.05) is 48.5 Å². The molecule has 0 atom stereocenters. The van der Waals surface area contributed by atoms with Gasteiger partial charge < -0.3 is 20.5 Å². The Bertz CT molecular complexity index is 747. The number of para-hydroxylation sites is 1. The third-order valence-corrected chi connectivity index (χ3v) is 4.97. The van der Waals surface area contributed by atoms with Gasteiger partial charge in [-0.3, -0.25) is 0 Å². The minimum atomic E-state index is -0.143. The number of aliphatic hydroxyl groups excluding tert-OH is 1. The van der Waals surface area contributed by atoms with E-state index in [-0.39, 0.29) is 30.1 Å². The fourth-order valence-electron chi connectivity index (χ4n) is 3.50. The van der Waals surface area contributed by atoms with Crippen LogP contribution in [0.3, 0.4) is 0 Å². The number of ether oxygens (including phenoxy) is 1. The van der Waals surface area contributed by atoms with Gasteiger partial charge in [-0.25, -0.2) is 4.99 Å². The summed E-state index contributed by atoms with van der Waals surface area (Å²) < 4.78 is 6.03. The second-order valence-electron chi connectivity index (χ2n) is 7.12. The van der Waals surface area contributed by atoms with Gasteiger partial charge in [0.1, 0.15) is 12.4 Å². The van der Waals surface area contributed by atoms with Crippen LogP contribution >= 0.6 is 24.0 Å². The lowest BCUT2D eigenvalue weighted by Crippen LogP contribution is -2.45. The van der Waals surface area contributed by atoms with Crippen molar-refractivity contribution < 1.29 is 9.84 Å². The Morgan fingerprint density at radius 3 is 2.45 bits per heavy atom. The van der Waals surface area contributed by atoms with Crippen molar-refractivity contribution in [1.29, 1.82) is 0 Å². The number of nitrogens with one attached hydrogen (secondary N) is 2. The van der Waals surface area contributed by atoms with Crippen molar-refractivity contribution >= 4 is 29.9 Å². The highest BCUT2D eigenvalue weighted by atomic mass is 127. The van der Waals surface area contributed by atoms with Crippen molar-refractivity contribution in [3.63, 3.8) is 0 Å². The Labute approximate surface area is 191 Å². The topological polar surface area (TPSA) is 65.9 Å². The maximum absolute atomic E-state index is 9.66. The number of nitrogens with zero attached hydrogens (tertiary/aromatic N) is 1. The standard InChI is InChI=1S/C23H31N3O2.HI/c1-2-24-23(26-19-12-14-20(27)15-13-19)25-16-17-28-22-11-7-6-10-21(22)18-8-4-3-5-9-18;/h3-11,19-20,27H,2,12-17H2,1H3,(H2,24,25,26);1H. The van der Waals surface area contributed by atoms with Crippen LogP contribution in [0.1, 0.15) is 32.6 Å². The maximum Gasteiger partial charge on any atom is 0.191 e. The van der Waals surface area contributed by atoms with Crippen LogP contribution < -0.4 is 15.4 Å². The number of aliphatic imine (C=N–C) groups is 1. The molecule has 5 nitrogen and oxygen atoms in total. The Hall–Kier alpha value is -1.80. The third kappa shape index (κ3) is 7.51. The lowest BCUT2D eigenvalue weighted by atomic mass is 9.93. The van der Waals surface area contributed by atoms with E-state index >= 15 is 0 Å². The molecule has 0 unspecified atom stereocenters. The number of benzene rings is 2. The first-order chi connectivity index (χ1) is 13.8. The summed E-state index contributed by atoms with van der Waals surface area (Å²) in [5.74, 6) is 1.70. The minimum absolute atomic E-state index is 0. The zero-order chi connectivity index (χ0) is 19.6. The molecular formula is C23H32IN3O2. The molecule has 29 heavy (non-hydrogen) atoms. The molecule has 2 aromatic carbocycles. The average Bonchev–Trinajstić information content (AvgIpc) is 2.74. The average molecular weight is 509 g/mol. The smallest absolute Gasteiger partial charge is 0.191 e. The number of guanidine groups is 1. The van der Waals surface area contributed by atoms with E-state index in [0.717, 1.165) is 55.1 Å². The van der Waals surface area contributed by atoms with Crippen LogP contribution in [0.25, 0.3) is 11.1 Å². The van der Waals surface area contributed by atoms with Gasteiger partial charge in [0.25, 0.3) is 0 Å².